The molecule has 112 valence electrons. The predicted octanol–water partition coefficient (Wildman–Crippen LogP) is 4.11. The van der Waals surface area contributed by atoms with Crippen LogP contribution in [0.2, 0.25) is 5.02 Å². The van der Waals surface area contributed by atoms with Crippen LogP contribution >= 0.6 is 11.6 Å². The lowest BCUT2D eigenvalue weighted by Gasteiger charge is -2.14. The summed E-state index contributed by atoms with van der Waals surface area (Å²) in [4.78, 5) is 0. The van der Waals surface area contributed by atoms with Gasteiger partial charge in [0.2, 0.25) is 0 Å². The van der Waals surface area contributed by atoms with E-state index < -0.39 is 6.10 Å². The molecule has 0 spiro atoms. The molecule has 0 heterocycles. The molecule has 2 nitrogen and oxygen atoms in total. The van der Waals surface area contributed by atoms with Crippen molar-refractivity contribution in [1.29, 1.82) is 0 Å². The molecule has 1 N–H and O–H groups in total. The van der Waals surface area contributed by atoms with E-state index in [0.717, 1.165) is 16.9 Å². The topological polar surface area (TPSA) is 29.5 Å². The molecule has 0 bridgehead atoms. The fourth-order valence-corrected chi connectivity index (χ4v) is 2.63. The standard InChI is InChI=1S/C18H21ClO2/c1-12-4-5-14(8-13(12)2)9-17(20)11-15-10-16(19)6-7-18(15)21-3/h4-8,10,17,20H,9,11H2,1-3H3. The number of ether oxygens (including phenoxy) is 1. The number of rotatable bonds is 5. The Bertz CT molecular complexity index is 623. The van der Waals surface area contributed by atoms with Crippen molar-refractivity contribution in [2.75, 3.05) is 7.11 Å². The van der Waals surface area contributed by atoms with Crippen LogP contribution in [0.1, 0.15) is 22.3 Å². The third-order valence-corrected chi connectivity index (χ3v) is 3.98. The Hall–Kier alpha value is -1.51. The maximum atomic E-state index is 10.3. The van der Waals surface area contributed by atoms with E-state index in [4.69, 9.17) is 16.3 Å². The molecule has 0 fully saturated rings. The van der Waals surface area contributed by atoms with Crippen LogP contribution in [0.3, 0.4) is 0 Å². The van der Waals surface area contributed by atoms with Crippen molar-refractivity contribution in [3.8, 4) is 5.75 Å². The van der Waals surface area contributed by atoms with Crippen molar-refractivity contribution in [3.63, 3.8) is 0 Å². The summed E-state index contributed by atoms with van der Waals surface area (Å²) in [7, 11) is 1.63. The average Bonchev–Trinajstić information content (AvgIpc) is 2.43. The second-order valence-electron chi connectivity index (χ2n) is 5.44. The highest BCUT2D eigenvalue weighted by Crippen LogP contribution is 2.24. The van der Waals surface area contributed by atoms with Crippen LogP contribution in [0.25, 0.3) is 0 Å². The lowest BCUT2D eigenvalue weighted by molar-refractivity contribution is 0.174. The van der Waals surface area contributed by atoms with Crippen molar-refractivity contribution in [3.05, 3.63) is 63.7 Å². The van der Waals surface area contributed by atoms with E-state index in [1.54, 1.807) is 13.2 Å². The largest absolute Gasteiger partial charge is 0.496 e. The van der Waals surface area contributed by atoms with Crippen molar-refractivity contribution in [1.82, 2.24) is 0 Å². The third-order valence-electron chi connectivity index (χ3n) is 3.74. The smallest absolute Gasteiger partial charge is 0.122 e. The highest BCUT2D eigenvalue weighted by molar-refractivity contribution is 6.30. The zero-order valence-electron chi connectivity index (χ0n) is 12.7. The monoisotopic (exact) mass is 304 g/mol. The summed E-state index contributed by atoms with van der Waals surface area (Å²) in [5.74, 6) is 0.763. The maximum absolute atomic E-state index is 10.3. The van der Waals surface area contributed by atoms with Crippen LogP contribution in [0.4, 0.5) is 0 Å². The van der Waals surface area contributed by atoms with E-state index >= 15 is 0 Å². The Morgan fingerprint density at radius 1 is 1.05 bits per heavy atom. The van der Waals surface area contributed by atoms with Gasteiger partial charge in [-0.3, -0.25) is 0 Å². The van der Waals surface area contributed by atoms with Crippen LogP contribution in [0.5, 0.6) is 5.75 Å². The second-order valence-corrected chi connectivity index (χ2v) is 5.87. The first kappa shape index (κ1) is 15.9. The summed E-state index contributed by atoms with van der Waals surface area (Å²) in [6.45, 7) is 4.18. The number of hydrogen-bond acceptors (Lipinski definition) is 2. The van der Waals surface area contributed by atoms with Gasteiger partial charge in [-0.1, -0.05) is 29.8 Å². The molecule has 2 rings (SSSR count). The van der Waals surface area contributed by atoms with Gasteiger partial charge in [0.25, 0.3) is 0 Å². The summed E-state index contributed by atoms with van der Waals surface area (Å²) < 4.78 is 5.32. The lowest BCUT2D eigenvalue weighted by Crippen LogP contribution is -2.14. The zero-order valence-corrected chi connectivity index (χ0v) is 13.4. The molecule has 3 heteroatoms. The van der Waals surface area contributed by atoms with Crippen molar-refractivity contribution in [2.24, 2.45) is 0 Å². The van der Waals surface area contributed by atoms with E-state index in [-0.39, 0.29) is 0 Å². The van der Waals surface area contributed by atoms with Gasteiger partial charge in [-0.25, -0.2) is 0 Å². The molecule has 2 aromatic carbocycles. The number of hydrogen-bond donors (Lipinski definition) is 1. The predicted molar refractivity (Wildman–Crippen MR) is 87.3 cm³/mol. The van der Waals surface area contributed by atoms with Crippen molar-refractivity contribution in [2.45, 2.75) is 32.8 Å². The third kappa shape index (κ3) is 4.23. The Morgan fingerprint density at radius 3 is 2.48 bits per heavy atom. The normalized spacial score (nSPS) is 12.2. The molecule has 0 amide bonds. The Balaban J connectivity index is 2.09. The Kier molecular flexibility index (Phi) is 5.27. The first-order valence-electron chi connectivity index (χ1n) is 7.06. The van der Waals surface area contributed by atoms with E-state index in [0.29, 0.717) is 17.9 Å². The SMILES string of the molecule is COc1ccc(Cl)cc1CC(O)Cc1ccc(C)c(C)c1. The number of aryl methyl sites for hydroxylation is 2. The van der Waals surface area contributed by atoms with E-state index in [9.17, 15) is 5.11 Å². The molecular weight excluding hydrogens is 284 g/mol. The molecule has 1 atom stereocenters. The van der Waals surface area contributed by atoms with Crippen LogP contribution in [-0.4, -0.2) is 18.3 Å². The minimum atomic E-state index is -0.459. The molecule has 0 radical (unpaired) electrons. The van der Waals surface area contributed by atoms with Gasteiger partial charge in [-0.2, -0.15) is 0 Å². The highest BCUT2D eigenvalue weighted by atomic mass is 35.5. The molecule has 0 aromatic heterocycles. The lowest BCUT2D eigenvalue weighted by atomic mass is 9.98. The van der Waals surface area contributed by atoms with Crippen LogP contribution in [-0.2, 0) is 12.8 Å². The van der Waals surface area contributed by atoms with E-state index in [1.807, 2.05) is 12.1 Å². The fraction of sp³-hybridized carbons (Fsp3) is 0.333. The summed E-state index contributed by atoms with van der Waals surface area (Å²) >= 11 is 6.02. The molecule has 0 saturated carbocycles. The van der Waals surface area contributed by atoms with Gasteiger partial charge >= 0.3 is 0 Å². The minimum absolute atomic E-state index is 0.459. The Morgan fingerprint density at radius 2 is 1.81 bits per heavy atom. The molecule has 2 aromatic rings. The molecule has 0 aliphatic rings. The van der Waals surface area contributed by atoms with Crippen LogP contribution in [0, 0.1) is 13.8 Å². The van der Waals surface area contributed by atoms with Gasteiger partial charge in [0.15, 0.2) is 0 Å². The zero-order chi connectivity index (χ0) is 15.4. The number of methoxy groups -OCH3 is 1. The van der Waals surface area contributed by atoms with Gasteiger partial charge in [0.1, 0.15) is 5.75 Å². The fourth-order valence-electron chi connectivity index (χ4n) is 2.44. The van der Waals surface area contributed by atoms with Gasteiger partial charge in [-0.05, 0) is 60.7 Å². The second kappa shape index (κ2) is 6.97. The highest BCUT2D eigenvalue weighted by Gasteiger charge is 2.12. The van der Waals surface area contributed by atoms with Crippen LogP contribution in [0.15, 0.2) is 36.4 Å². The van der Waals surface area contributed by atoms with Gasteiger partial charge in [0, 0.05) is 11.4 Å². The number of aliphatic hydroxyl groups excluding tert-OH is 1. The van der Waals surface area contributed by atoms with Crippen LogP contribution < -0.4 is 4.74 Å². The Labute approximate surface area is 131 Å². The quantitative estimate of drug-likeness (QED) is 0.900. The maximum Gasteiger partial charge on any atom is 0.122 e. The van der Waals surface area contributed by atoms with E-state index in [1.165, 1.54) is 11.1 Å². The van der Waals surface area contributed by atoms with E-state index in [2.05, 4.69) is 32.0 Å². The van der Waals surface area contributed by atoms with Gasteiger partial charge in [0.05, 0.1) is 13.2 Å². The first-order valence-corrected chi connectivity index (χ1v) is 7.44. The minimum Gasteiger partial charge on any atom is -0.496 e. The molecular formula is C18H21ClO2. The summed E-state index contributed by atoms with van der Waals surface area (Å²) in [5.41, 5.74) is 4.60. The first-order chi connectivity index (χ1) is 9.99. The average molecular weight is 305 g/mol. The molecule has 0 aliphatic carbocycles. The van der Waals surface area contributed by atoms with Gasteiger partial charge in [-0.15, -0.1) is 0 Å². The summed E-state index contributed by atoms with van der Waals surface area (Å²) in [5, 5.41) is 11.0. The summed E-state index contributed by atoms with van der Waals surface area (Å²) in [6.07, 6.45) is 0.687. The van der Waals surface area contributed by atoms with Gasteiger partial charge < -0.3 is 9.84 Å². The van der Waals surface area contributed by atoms with Crippen molar-refractivity contribution < 1.29 is 9.84 Å². The number of halogens is 1. The number of benzene rings is 2. The molecule has 1 unspecified atom stereocenters. The molecule has 0 saturated heterocycles. The summed E-state index contributed by atoms with van der Waals surface area (Å²) in [6, 6.07) is 11.8. The number of aliphatic hydroxyl groups is 1. The molecule has 0 aliphatic heterocycles. The molecule has 21 heavy (non-hydrogen) atoms. The van der Waals surface area contributed by atoms with Crippen molar-refractivity contribution >= 4 is 11.6 Å².